The molecule has 9 heteroatoms. The van der Waals surface area contributed by atoms with Crippen LogP contribution in [-0.2, 0) is 32.5 Å². The van der Waals surface area contributed by atoms with Crippen LogP contribution in [-0.4, -0.2) is 39.9 Å². The van der Waals surface area contributed by atoms with Crippen LogP contribution in [0, 0.1) is 29.4 Å². The average molecular weight is 1310 g/mol. The van der Waals surface area contributed by atoms with Gasteiger partial charge in [0.25, 0.3) is 0 Å². The molecule has 2 aromatic heterocycles. The largest absolute Gasteiger partial charge is 0.505 e. The number of hydrogen-bond acceptors (Lipinski definition) is 4. The van der Waals surface area contributed by atoms with E-state index in [4.69, 9.17) is 9.47 Å². The number of aryl methyl sites for hydroxylation is 1. The number of aromatic hydroxyl groups is 2. The third-order valence-corrected chi connectivity index (χ3v) is 25.0. The van der Waals surface area contributed by atoms with Gasteiger partial charge in [0.05, 0.1) is 45.9 Å². The number of phenols is 2. The summed E-state index contributed by atoms with van der Waals surface area (Å²) in [6, 6.07) is 44.6. The van der Waals surface area contributed by atoms with Gasteiger partial charge in [0, 0.05) is 43.8 Å². The lowest BCUT2D eigenvalue weighted by molar-refractivity contribution is 0.283. The van der Waals surface area contributed by atoms with E-state index < -0.39 is 30.5 Å². The summed E-state index contributed by atoms with van der Waals surface area (Å²) in [5.41, 5.74) is 12.8. The van der Waals surface area contributed by atoms with Crippen LogP contribution in [0.5, 0.6) is 23.0 Å². The Balaban J connectivity index is 1.11. The summed E-state index contributed by atoms with van der Waals surface area (Å²) in [5.74, 6) is 0.128. The molecule has 2 heterocycles. The van der Waals surface area contributed by atoms with Crippen molar-refractivity contribution < 1.29 is 28.5 Å². The summed E-state index contributed by atoms with van der Waals surface area (Å²) < 4.78 is 51.8. The molecule has 8 aromatic carbocycles. The van der Waals surface area contributed by atoms with Crippen molar-refractivity contribution in [3.63, 3.8) is 0 Å². The first-order valence-electron chi connectivity index (χ1n) is 35.0. The third-order valence-electron chi connectivity index (χ3n) is 20.5. The Hall–Kier alpha value is -7.36. The second kappa shape index (κ2) is 24.9. The average Bonchev–Trinajstić information content (AvgIpc) is 1.53. The smallest absolute Gasteiger partial charge is 0.147 e. The second-order valence-corrected chi connectivity index (χ2v) is 41.1. The maximum Gasteiger partial charge on any atom is 0.147 e. The molecule has 0 spiro atoms. The minimum Gasteiger partial charge on any atom is -0.505 e. The SMILES string of the molecule is CC[Si](CC)(COc1ccc(F)cc1-c1cc(C(C)(C)CC(C)(C)C)cc(-n2c3cc(C(C)(C)C)ccc3c3ccc(C(C)(C)C)cc32)c1O)COc1c(C)cc(F)cc1-c1cc(C(C)(C)CC(C)(C)C)cc(-n2c3cc(C(C)(C)C)ccc3c3ccc(C(C)(C)C)cc32)c1O. The minimum atomic E-state index is -2.65. The number of fused-ring (bicyclic) bond motifs is 6. The Morgan fingerprint density at radius 2 is 0.719 bits per heavy atom. The molecule has 0 unspecified atom stereocenters. The Morgan fingerprint density at radius 3 is 1.06 bits per heavy atom. The summed E-state index contributed by atoms with van der Waals surface area (Å²) in [6.07, 6.45) is 2.29. The van der Waals surface area contributed by atoms with Crippen LogP contribution in [0.2, 0.25) is 12.1 Å². The molecule has 0 aliphatic heterocycles. The molecule has 0 atom stereocenters. The number of phenolic OH excluding ortho intramolecular Hbond substituents is 2. The van der Waals surface area contributed by atoms with Crippen molar-refractivity contribution in [1.82, 2.24) is 9.13 Å². The van der Waals surface area contributed by atoms with E-state index >= 15 is 8.78 Å². The zero-order chi connectivity index (χ0) is 70.7. The fourth-order valence-corrected chi connectivity index (χ4v) is 17.5. The van der Waals surface area contributed by atoms with Crippen LogP contribution < -0.4 is 9.47 Å². The highest BCUT2D eigenvalue weighted by molar-refractivity contribution is 6.79. The minimum absolute atomic E-state index is 0.0266. The molecule has 0 bridgehead atoms. The summed E-state index contributed by atoms with van der Waals surface area (Å²) >= 11 is 0. The summed E-state index contributed by atoms with van der Waals surface area (Å²) in [6.45, 7) is 55.6. The number of rotatable bonds is 16. The molecule has 0 fully saturated rings. The molecule has 0 amide bonds. The fourth-order valence-electron chi connectivity index (χ4n) is 15.2. The van der Waals surface area contributed by atoms with Crippen LogP contribution in [0.1, 0.15) is 218 Å². The van der Waals surface area contributed by atoms with Crippen molar-refractivity contribution >= 4 is 51.7 Å². The lowest BCUT2D eigenvalue weighted by atomic mass is 9.71. The zero-order valence-electron chi connectivity index (χ0n) is 62.7. The first-order valence-corrected chi connectivity index (χ1v) is 37.9. The van der Waals surface area contributed by atoms with Gasteiger partial charge in [-0.1, -0.05) is 227 Å². The number of halogens is 2. The Labute approximate surface area is 574 Å². The predicted molar refractivity (Wildman–Crippen MR) is 407 cm³/mol. The molecule has 10 aromatic rings. The van der Waals surface area contributed by atoms with Gasteiger partial charge in [-0.25, -0.2) is 8.78 Å². The normalized spacial score (nSPS) is 13.5. The van der Waals surface area contributed by atoms with Crippen LogP contribution in [0.4, 0.5) is 8.78 Å². The number of benzene rings is 8. The van der Waals surface area contributed by atoms with E-state index in [1.807, 2.05) is 6.92 Å². The van der Waals surface area contributed by atoms with Gasteiger partial charge in [-0.3, -0.25) is 0 Å². The van der Waals surface area contributed by atoms with Crippen molar-refractivity contribution in [2.45, 2.75) is 231 Å². The first kappa shape index (κ1) is 71.4. The number of aromatic nitrogens is 2. The van der Waals surface area contributed by atoms with Crippen LogP contribution >= 0.6 is 0 Å². The van der Waals surface area contributed by atoms with Gasteiger partial charge in [-0.2, -0.15) is 0 Å². The Kier molecular flexibility index (Phi) is 18.5. The van der Waals surface area contributed by atoms with Gasteiger partial charge >= 0.3 is 0 Å². The molecule has 6 nitrogen and oxygen atoms in total. The maximum absolute atomic E-state index is 16.6. The highest BCUT2D eigenvalue weighted by Crippen LogP contribution is 2.51. The van der Waals surface area contributed by atoms with Gasteiger partial charge in [-0.05, 0) is 181 Å². The fraction of sp³-hybridized carbons (Fsp3) is 0.448. The standard InChI is InChI=1S/C87H110F2N2O4Si/c1-26-96(27-2,51-94-76-37-32-60(88)47-66(76)67-39-58(86(22,23)49-80(4,5)6)45-74(77(67)92)90-70-41-54(82(10,11)12)28-33-62(70)63-34-29-55(42-71(63)90)83(13,14)15)52-95-79-53(3)38-61(89)48-69(79)68-40-59(87(24,25)50-81(7,8)9)46-75(78(68)93)91-72-43-56(84(16,17)18)30-35-64(72)65-36-31-57(44-73(65)91)85(19,20)21/h28-48,92-93H,26-27,49-52H2,1-25H3. The van der Waals surface area contributed by atoms with Crippen molar-refractivity contribution in [2.75, 3.05) is 12.5 Å². The molecule has 2 N–H and O–H groups in total. The summed E-state index contributed by atoms with van der Waals surface area (Å²) in [5, 5.41) is 31.1. The highest BCUT2D eigenvalue weighted by Gasteiger charge is 2.37. The van der Waals surface area contributed by atoms with Gasteiger partial charge in [-0.15, -0.1) is 0 Å². The lowest BCUT2D eigenvalue weighted by Crippen LogP contribution is -2.47. The molecule has 0 aliphatic carbocycles. The van der Waals surface area contributed by atoms with E-state index in [0.717, 1.165) is 79.7 Å². The van der Waals surface area contributed by atoms with Crippen molar-refractivity contribution in [2.24, 2.45) is 10.8 Å². The van der Waals surface area contributed by atoms with E-state index in [9.17, 15) is 10.2 Å². The Bertz CT molecular complexity index is 4480. The van der Waals surface area contributed by atoms with Gasteiger partial charge in [0.1, 0.15) is 42.7 Å². The monoisotopic (exact) mass is 1310 g/mol. The highest BCUT2D eigenvalue weighted by atomic mass is 28.3. The van der Waals surface area contributed by atoms with Gasteiger partial charge in [0.15, 0.2) is 0 Å². The number of ether oxygens (including phenoxy) is 2. The third kappa shape index (κ3) is 14.2. The van der Waals surface area contributed by atoms with Crippen LogP contribution in [0.3, 0.4) is 0 Å². The van der Waals surface area contributed by atoms with E-state index in [2.05, 4.69) is 272 Å². The second-order valence-electron chi connectivity index (χ2n) is 36.1. The molecule has 0 aliphatic rings. The van der Waals surface area contributed by atoms with E-state index in [1.165, 1.54) is 46.5 Å². The van der Waals surface area contributed by atoms with E-state index in [1.54, 1.807) is 6.07 Å². The predicted octanol–water partition coefficient (Wildman–Crippen LogP) is 24.9. The molecule has 96 heavy (non-hydrogen) atoms. The molecule has 0 saturated carbocycles. The lowest BCUT2D eigenvalue weighted by Gasteiger charge is -2.34. The van der Waals surface area contributed by atoms with Crippen molar-refractivity contribution in [3.8, 4) is 56.6 Å². The van der Waals surface area contributed by atoms with Gasteiger partial charge < -0.3 is 28.8 Å². The molecular weight excluding hydrogens is 1200 g/mol. The van der Waals surface area contributed by atoms with Crippen molar-refractivity contribution in [1.29, 1.82) is 0 Å². The zero-order valence-corrected chi connectivity index (χ0v) is 63.7. The molecular formula is C87H110F2N2O4Si. The number of hydrogen-bond donors (Lipinski definition) is 2. The quantitative estimate of drug-likeness (QED) is 0.0946. The molecule has 0 saturated heterocycles. The summed E-state index contributed by atoms with van der Waals surface area (Å²) in [7, 11) is -2.65. The maximum atomic E-state index is 16.6. The Morgan fingerprint density at radius 1 is 0.375 bits per heavy atom. The molecule has 510 valence electrons. The van der Waals surface area contributed by atoms with Gasteiger partial charge in [0.2, 0.25) is 0 Å². The van der Waals surface area contributed by atoms with E-state index in [-0.39, 0.29) is 44.0 Å². The van der Waals surface area contributed by atoms with E-state index in [0.29, 0.717) is 63.2 Å². The molecule has 10 rings (SSSR count). The topological polar surface area (TPSA) is 68.8 Å². The summed E-state index contributed by atoms with van der Waals surface area (Å²) in [4.78, 5) is 0. The van der Waals surface area contributed by atoms with Crippen LogP contribution in [0.15, 0.2) is 127 Å². The van der Waals surface area contributed by atoms with Crippen LogP contribution in [0.25, 0.3) is 77.2 Å². The van der Waals surface area contributed by atoms with Crippen molar-refractivity contribution in [3.05, 3.63) is 178 Å². The first-order chi connectivity index (χ1) is 44.2. The number of nitrogens with zero attached hydrogens (tertiary/aromatic N) is 2. The molecule has 0 radical (unpaired) electrons.